The Morgan fingerprint density at radius 1 is 1.55 bits per heavy atom. The highest BCUT2D eigenvalue weighted by Gasteiger charge is 2.46. The van der Waals surface area contributed by atoms with Crippen molar-refractivity contribution < 1.29 is 9.90 Å². The fourth-order valence-corrected chi connectivity index (χ4v) is 3.18. The van der Waals surface area contributed by atoms with Gasteiger partial charge in [0.15, 0.2) is 5.78 Å². The SMILES string of the molecule is Cc1c(C2NN3CC(O)CC3C2=O)ccc(C#N)c1Cl. The van der Waals surface area contributed by atoms with Crippen molar-refractivity contribution >= 4 is 17.4 Å². The van der Waals surface area contributed by atoms with E-state index in [0.29, 0.717) is 23.6 Å². The summed E-state index contributed by atoms with van der Waals surface area (Å²) < 4.78 is 0. The third-order valence-corrected chi connectivity index (χ3v) is 4.53. The van der Waals surface area contributed by atoms with Gasteiger partial charge in [0, 0.05) is 6.54 Å². The average Bonchev–Trinajstić information content (AvgIpc) is 2.92. The van der Waals surface area contributed by atoms with Crippen LogP contribution in [0.5, 0.6) is 0 Å². The number of hydrogen-bond acceptors (Lipinski definition) is 5. The minimum absolute atomic E-state index is 0.0467. The van der Waals surface area contributed by atoms with Gasteiger partial charge in [-0.05, 0) is 30.5 Å². The molecule has 0 bridgehead atoms. The smallest absolute Gasteiger partial charge is 0.174 e. The number of carbonyl (C=O) groups is 1. The first-order valence-electron chi connectivity index (χ1n) is 6.46. The van der Waals surface area contributed by atoms with E-state index >= 15 is 0 Å². The third-order valence-electron chi connectivity index (χ3n) is 4.05. The first kappa shape index (κ1) is 13.5. The molecule has 20 heavy (non-hydrogen) atoms. The van der Waals surface area contributed by atoms with Crippen LogP contribution in [0.25, 0.3) is 0 Å². The van der Waals surface area contributed by atoms with E-state index in [-0.39, 0.29) is 11.8 Å². The molecule has 2 aliphatic heterocycles. The summed E-state index contributed by atoms with van der Waals surface area (Å²) in [7, 11) is 0. The standard InChI is InChI=1S/C14H14ClN3O2/c1-7-10(3-2-8(5-16)12(7)15)13-14(20)11-4-9(19)6-18(11)17-13/h2-3,9,11,13,17,19H,4,6H2,1H3. The molecule has 1 aromatic carbocycles. The lowest BCUT2D eigenvalue weighted by Crippen LogP contribution is -2.34. The van der Waals surface area contributed by atoms with Crippen molar-refractivity contribution in [3.05, 3.63) is 33.8 Å². The Bertz CT molecular complexity index is 626. The number of aliphatic hydroxyl groups excluding tert-OH is 1. The van der Waals surface area contributed by atoms with Gasteiger partial charge in [0.25, 0.3) is 0 Å². The molecule has 2 heterocycles. The van der Waals surface area contributed by atoms with Crippen LogP contribution in [0, 0.1) is 18.3 Å². The van der Waals surface area contributed by atoms with Crippen LogP contribution in [0.4, 0.5) is 0 Å². The number of hydrazine groups is 1. The lowest BCUT2D eigenvalue weighted by Gasteiger charge is -2.17. The summed E-state index contributed by atoms with van der Waals surface area (Å²) in [6.07, 6.45) is 0.00817. The molecule has 2 saturated heterocycles. The Kier molecular flexibility index (Phi) is 3.27. The fraction of sp³-hybridized carbons (Fsp3) is 0.429. The minimum atomic E-state index is -0.456. The van der Waals surface area contributed by atoms with Crippen LogP contribution in [0.15, 0.2) is 12.1 Å². The van der Waals surface area contributed by atoms with Crippen LogP contribution in [-0.4, -0.2) is 34.6 Å². The molecule has 3 rings (SSSR count). The highest BCUT2D eigenvalue weighted by Crippen LogP contribution is 2.34. The highest BCUT2D eigenvalue weighted by molar-refractivity contribution is 6.32. The maximum atomic E-state index is 12.4. The van der Waals surface area contributed by atoms with E-state index in [1.54, 1.807) is 17.1 Å². The molecule has 0 spiro atoms. The van der Waals surface area contributed by atoms with Gasteiger partial charge in [-0.1, -0.05) is 17.7 Å². The van der Waals surface area contributed by atoms with Crippen molar-refractivity contribution in [3.8, 4) is 6.07 Å². The lowest BCUT2D eigenvalue weighted by atomic mass is 9.94. The molecule has 0 amide bonds. The number of halogens is 1. The van der Waals surface area contributed by atoms with Crippen molar-refractivity contribution in [2.75, 3.05) is 6.54 Å². The molecule has 6 heteroatoms. The number of nitrogens with one attached hydrogen (secondary N) is 1. The number of Topliss-reactive ketones (excluding diaryl/α,β-unsaturated/α-hetero) is 1. The number of nitrogens with zero attached hydrogens (tertiary/aromatic N) is 2. The van der Waals surface area contributed by atoms with E-state index in [0.717, 1.165) is 11.1 Å². The van der Waals surface area contributed by atoms with E-state index in [1.807, 2.05) is 13.0 Å². The number of benzene rings is 1. The molecule has 0 saturated carbocycles. The maximum Gasteiger partial charge on any atom is 0.174 e. The predicted molar refractivity (Wildman–Crippen MR) is 72.9 cm³/mol. The minimum Gasteiger partial charge on any atom is -0.392 e. The van der Waals surface area contributed by atoms with Crippen molar-refractivity contribution in [2.45, 2.75) is 31.5 Å². The number of rotatable bonds is 1. The number of aliphatic hydroxyl groups is 1. The summed E-state index contributed by atoms with van der Waals surface area (Å²) in [5.74, 6) is 0.0467. The lowest BCUT2D eigenvalue weighted by molar-refractivity contribution is -0.120. The number of fused-ring (bicyclic) bond motifs is 1. The van der Waals surface area contributed by atoms with E-state index in [2.05, 4.69) is 5.43 Å². The zero-order valence-corrected chi connectivity index (χ0v) is 11.7. The molecule has 0 radical (unpaired) electrons. The van der Waals surface area contributed by atoms with Gasteiger partial charge in [-0.25, -0.2) is 10.4 Å². The molecular weight excluding hydrogens is 278 g/mol. The van der Waals surface area contributed by atoms with Gasteiger partial charge >= 0.3 is 0 Å². The van der Waals surface area contributed by atoms with Crippen molar-refractivity contribution in [1.29, 1.82) is 5.26 Å². The molecule has 1 aromatic rings. The Hall–Kier alpha value is -1.45. The Morgan fingerprint density at radius 2 is 2.30 bits per heavy atom. The van der Waals surface area contributed by atoms with Crippen LogP contribution in [0.1, 0.15) is 29.2 Å². The summed E-state index contributed by atoms with van der Waals surface area (Å²) in [6, 6.07) is 4.72. The number of nitriles is 1. The van der Waals surface area contributed by atoms with Gasteiger partial charge in [-0.15, -0.1) is 0 Å². The summed E-state index contributed by atoms with van der Waals surface area (Å²) >= 11 is 6.15. The summed E-state index contributed by atoms with van der Waals surface area (Å²) in [5, 5.41) is 20.7. The van der Waals surface area contributed by atoms with Crippen molar-refractivity contribution in [3.63, 3.8) is 0 Å². The van der Waals surface area contributed by atoms with Gasteiger partial charge in [0.1, 0.15) is 12.1 Å². The van der Waals surface area contributed by atoms with Gasteiger partial charge in [-0.3, -0.25) is 4.79 Å². The maximum absolute atomic E-state index is 12.4. The predicted octanol–water partition coefficient (Wildman–Crippen LogP) is 1.08. The van der Waals surface area contributed by atoms with Gasteiger partial charge in [-0.2, -0.15) is 5.26 Å². The molecule has 5 nitrogen and oxygen atoms in total. The van der Waals surface area contributed by atoms with E-state index < -0.39 is 12.1 Å². The Balaban J connectivity index is 1.94. The monoisotopic (exact) mass is 291 g/mol. The topological polar surface area (TPSA) is 76.4 Å². The zero-order chi connectivity index (χ0) is 14.4. The second-order valence-corrected chi connectivity index (χ2v) is 5.65. The highest BCUT2D eigenvalue weighted by atomic mass is 35.5. The quantitative estimate of drug-likeness (QED) is 0.810. The van der Waals surface area contributed by atoms with Crippen molar-refractivity contribution in [1.82, 2.24) is 10.4 Å². The Labute approximate surface area is 121 Å². The molecule has 2 aliphatic rings. The molecule has 2 N–H and O–H groups in total. The molecule has 2 fully saturated rings. The molecular formula is C14H14ClN3O2. The molecule has 0 aliphatic carbocycles. The first-order chi connectivity index (χ1) is 9.52. The van der Waals surface area contributed by atoms with Crippen LogP contribution in [0.2, 0.25) is 5.02 Å². The van der Waals surface area contributed by atoms with E-state index in [4.69, 9.17) is 16.9 Å². The van der Waals surface area contributed by atoms with Crippen LogP contribution < -0.4 is 5.43 Å². The largest absolute Gasteiger partial charge is 0.392 e. The molecule has 104 valence electrons. The van der Waals surface area contributed by atoms with Crippen LogP contribution >= 0.6 is 11.6 Å². The first-order valence-corrected chi connectivity index (χ1v) is 6.84. The molecule has 3 unspecified atom stereocenters. The molecule has 3 atom stereocenters. The van der Waals surface area contributed by atoms with Gasteiger partial charge in [0.2, 0.25) is 0 Å². The second-order valence-electron chi connectivity index (χ2n) is 5.28. The second kappa shape index (κ2) is 4.83. The summed E-state index contributed by atoms with van der Waals surface area (Å²) in [4.78, 5) is 12.4. The number of ketones is 1. The summed E-state index contributed by atoms with van der Waals surface area (Å²) in [5.41, 5.74) is 5.09. The van der Waals surface area contributed by atoms with Crippen LogP contribution in [-0.2, 0) is 4.79 Å². The molecule has 0 aromatic heterocycles. The summed E-state index contributed by atoms with van der Waals surface area (Å²) in [6.45, 7) is 2.27. The number of hydrogen-bond donors (Lipinski definition) is 2. The van der Waals surface area contributed by atoms with E-state index in [9.17, 15) is 9.90 Å². The van der Waals surface area contributed by atoms with Gasteiger partial charge < -0.3 is 5.11 Å². The average molecular weight is 292 g/mol. The normalized spacial score (nSPS) is 29.5. The Morgan fingerprint density at radius 3 is 2.95 bits per heavy atom. The fourth-order valence-electron chi connectivity index (χ4n) is 2.97. The van der Waals surface area contributed by atoms with E-state index in [1.165, 1.54) is 0 Å². The zero-order valence-electron chi connectivity index (χ0n) is 10.9. The number of carbonyl (C=O) groups excluding carboxylic acids is 1. The van der Waals surface area contributed by atoms with Gasteiger partial charge in [0.05, 0.1) is 22.7 Å². The van der Waals surface area contributed by atoms with Crippen LogP contribution in [0.3, 0.4) is 0 Å². The third kappa shape index (κ3) is 1.93. The van der Waals surface area contributed by atoms with Crippen molar-refractivity contribution in [2.24, 2.45) is 0 Å².